The highest BCUT2D eigenvalue weighted by molar-refractivity contribution is 7.99. The molecule has 1 aromatic heterocycles. The lowest BCUT2D eigenvalue weighted by molar-refractivity contribution is -0.384. The van der Waals surface area contributed by atoms with Crippen molar-refractivity contribution in [2.24, 2.45) is 0 Å². The van der Waals surface area contributed by atoms with Crippen LogP contribution in [0.5, 0.6) is 5.88 Å². The first-order valence-electron chi connectivity index (χ1n) is 12.7. The average Bonchev–Trinajstić information content (AvgIpc) is 2.99. The summed E-state index contributed by atoms with van der Waals surface area (Å²) in [5, 5.41) is 25.3. The summed E-state index contributed by atoms with van der Waals surface area (Å²) in [4.78, 5) is 28.7. The summed E-state index contributed by atoms with van der Waals surface area (Å²) in [6.07, 6.45) is 0. The Bertz CT molecular complexity index is 1880. The Hall–Kier alpha value is -4.94. The highest BCUT2D eigenvalue weighted by atomic mass is 32.2. The zero-order valence-corrected chi connectivity index (χ0v) is 23.6. The number of hydrogen-bond acceptors (Lipinski definition) is 9. The second kappa shape index (κ2) is 12.3. The minimum Gasteiger partial charge on any atom is -0.493 e. The van der Waals surface area contributed by atoms with E-state index in [2.05, 4.69) is 10.3 Å². The van der Waals surface area contributed by atoms with Crippen molar-refractivity contribution in [3.63, 3.8) is 0 Å². The number of thioether (sulfide) groups is 1. The number of pyridine rings is 1. The fourth-order valence-corrected chi connectivity index (χ4v) is 6.04. The highest BCUT2D eigenvalue weighted by Gasteiger charge is 2.24. The van der Waals surface area contributed by atoms with E-state index in [4.69, 9.17) is 0 Å². The lowest BCUT2D eigenvalue weighted by Crippen LogP contribution is -2.30. The second-order valence-corrected chi connectivity index (χ2v) is 11.9. The number of nitrogens with zero attached hydrogens (tertiary/aromatic N) is 2. The molecule has 12 heteroatoms. The standard InChI is InChI=1S/C30H24N4O6S2/c35-28-16-13-21-5-4-8-25(29(21)32-28)20-9-11-22(12-10-20)30(36)33-42(39,40)24-14-15-26(27(19-24)34(37)38)31-17-18-41-23-6-2-1-3-7-23/h1-16,19,31H,17-18H2,(H,32,35)(H,33,36). The van der Waals surface area contributed by atoms with E-state index in [1.165, 1.54) is 30.3 Å². The van der Waals surface area contributed by atoms with Crippen LogP contribution in [-0.4, -0.2) is 41.6 Å². The highest BCUT2D eigenvalue weighted by Crippen LogP contribution is 2.30. The summed E-state index contributed by atoms with van der Waals surface area (Å²) in [6, 6.07) is 28.1. The van der Waals surface area contributed by atoms with Crippen molar-refractivity contribution in [2.75, 3.05) is 17.6 Å². The number of nitro groups is 1. The van der Waals surface area contributed by atoms with Crippen LogP contribution in [-0.2, 0) is 10.0 Å². The van der Waals surface area contributed by atoms with Gasteiger partial charge in [-0.05, 0) is 48.0 Å². The third-order valence-electron chi connectivity index (χ3n) is 6.30. The van der Waals surface area contributed by atoms with Crippen LogP contribution in [0.1, 0.15) is 10.4 Å². The quantitative estimate of drug-likeness (QED) is 0.0777. The third-order valence-corrected chi connectivity index (χ3v) is 8.64. The van der Waals surface area contributed by atoms with Crippen LogP contribution in [0.25, 0.3) is 22.0 Å². The molecule has 4 aromatic carbocycles. The molecule has 0 saturated heterocycles. The minimum absolute atomic E-state index is 0.0714. The molecule has 3 N–H and O–H groups in total. The molecule has 0 atom stereocenters. The van der Waals surface area contributed by atoms with Gasteiger partial charge in [-0.2, -0.15) is 0 Å². The molecule has 5 aromatic rings. The van der Waals surface area contributed by atoms with E-state index in [9.17, 15) is 28.4 Å². The van der Waals surface area contributed by atoms with Crippen molar-refractivity contribution in [1.82, 2.24) is 9.71 Å². The normalized spacial score (nSPS) is 11.2. The zero-order chi connectivity index (χ0) is 29.7. The van der Waals surface area contributed by atoms with E-state index in [1.807, 2.05) is 53.3 Å². The van der Waals surface area contributed by atoms with Gasteiger partial charge in [0, 0.05) is 45.8 Å². The predicted molar refractivity (Wildman–Crippen MR) is 162 cm³/mol. The number of anilines is 1. The number of nitro benzene ring substituents is 1. The van der Waals surface area contributed by atoms with Crippen molar-refractivity contribution >= 4 is 50.0 Å². The molecule has 1 heterocycles. The average molecular weight is 601 g/mol. The molecule has 1 amide bonds. The number of hydrogen-bond donors (Lipinski definition) is 3. The number of sulfonamides is 1. The van der Waals surface area contributed by atoms with E-state index in [0.717, 1.165) is 21.9 Å². The molecule has 0 aliphatic carbocycles. The van der Waals surface area contributed by atoms with Crippen LogP contribution >= 0.6 is 11.8 Å². The molecule has 212 valence electrons. The lowest BCUT2D eigenvalue weighted by Gasteiger charge is -2.11. The summed E-state index contributed by atoms with van der Waals surface area (Å²) >= 11 is 1.58. The zero-order valence-electron chi connectivity index (χ0n) is 21.9. The Kier molecular flexibility index (Phi) is 8.36. The Labute approximate surface area is 245 Å². The Morgan fingerprint density at radius 3 is 2.43 bits per heavy atom. The Morgan fingerprint density at radius 2 is 1.69 bits per heavy atom. The van der Waals surface area contributed by atoms with Crippen LogP contribution in [0.3, 0.4) is 0 Å². The van der Waals surface area contributed by atoms with Gasteiger partial charge in [-0.25, -0.2) is 18.1 Å². The number of benzene rings is 4. The molecule has 0 saturated carbocycles. The van der Waals surface area contributed by atoms with Crippen molar-refractivity contribution in [3.05, 3.63) is 119 Å². The maximum atomic E-state index is 13.0. The minimum atomic E-state index is -4.41. The first kappa shape index (κ1) is 28.6. The number of para-hydroxylation sites is 1. The molecular weight excluding hydrogens is 576 g/mol. The molecule has 42 heavy (non-hydrogen) atoms. The maximum absolute atomic E-state index is 13.0. The fourth-order valence-electron chi connectivity index (χ4n) is 4.26. The molecule has 5 rings (SSSR count). The van der Waals surface area contributed by atoms with Crippen molar-refractivity contribution in [3.8, 4) is 17.0 Å². The Morgan fingerprint density at radius 1 is 0.929 bits per heavy atom. The van der Waals surface area contributed by atoms with Gasteiger partial charge < -0.3 is 10.4 Å². The summed E-state index contributed by atoms with van der Waals surface area (Å²) in [7, 11) is -4.41. The molecular formula is C30H24N4O6S2. The van der Waals surface area contributed by atoms with Gasteiger partial charge in [0.2, 0.25) is 5.88 Å². The number of amides is 1. The SMILES string of the molecule is O=C(NS(=O)(=O)c1ccc(NCCSc2ccccc2)c([N+](=O)[O-])c1)c1ccc(-c2cccc3ccc(O)nc23)cc1. The molecule has 0 spiro atoms. The van der Waals surface area contributed by atoms with Crippen molar-refractivity contribution in [1.29, 1.82) is 0 Å². The number of aromatic hydroxyl groups is 1. The van der Waals surface area contributed by atoms with Crippen LogP contribution in [0.15, 0.2) is 113 Å². The first-order chi connectivity index (χ1) is 20.2. The topological polar surface area (TPSA) is 152 Å². The third kappa shape index (κ3) is 6.51. The van der Waals surface area contributed by atoms with Gasteiger partial charge in [0.15, 0.2) is 0 Å². The van der Waals surface area contributed by atoms with Gasteiger partial charge in [0.25, 0.3) is 21.6 Å². The van der Waals surface area contributed by atoms with E-state index >= 15 is 0 Å². The van der Waals surface area contributed by atoms with Gasteiger partial charge in [0.05, 0.1) is 15.3 Å². The smallest absolute Gasteiger partial charge is 0.293 e. The predicted octanol–water partition coefficient (Wildman–Crippen LogP) is 5.84. The molecule has 10 nitrogen and oxygen atoms in total. The van der Waals surface area contributed by atoms with Gasteiger partial charge in [-0.1, -0.05) is 48.5 Å². The number of fused-ring (bicyclic) bond motifs is 1. The molecule has 0 unspecified atom stereocenters. The number of carbonyl (C=O) groups excluding carboxylic acids is 1. The van der Waals surface area contributed by atoms with Gasteiger partial charge in [-0.15, -0.1) is 11.8 Å². The number of aromatic nitrogens is 1. The molecule has 0 aliphatic rings. The van der Waals surface area contributed by atoms with Crippen LogP contribution in [0.2, 0.25) is 0 Å². The maximum Gasteiger partial charge on any atom is 0.293 e. The van der Waals surface area contributed by atoms with E-state index in [0.29, 0.717) is 23.4 Å². The fraction of sp³-hybridized carbons (Fsp3) is 0.0667. The van der Waals surface area contributed by atoms with Gasteiger partial charge in [-0.3, -0.25) is 14.9 Å². The van der Waals surface area contributed by atoms with Gasteiger partial charge >= 0.3 is 0 Å². The lowest BCUT2D eigenvalue weighted by atomic mass is 10.0. The summed E-state index contributed by atoms with van der Waals surface area (Å²) in [6.45, 7) is 0.412. The van der Waals surface area contributed by atoms with E-state index in [1.54, 1.807) is 30.0 Å². The summed E-state index contributed by atoms with van der Waals surface area (Å²) < 4.78 is 27.9. The van der Waals surface area contributed by atoms with Crippen molar-refractivity contribution < 1.29 is 23.2 Å². The van der Waals surface area contributed by atoms with E-state index in [-0.39, 0.29) is 17.1 Å². The number of nitrogens with one attached hydrogen (secondary N) is 2. The summed E-state index contributed by atoms with van der Waals surface area (Å²) in [5.74, 6) is -0.379. The number of carbonyl (C=O) groups is 1. The molecule has 0 bridgehead atoms. The molecule has 0 fully saturated rings. The summed E-state index contributed by atoms with van der Waals surface area (Å²) in [5.41, 5.74) is 1.83. The number of rotatable bonds is 10. The largest absolute Gasteiger partial charge is 0.493 e. The molecule has 0 radical (unpaired) electrons. The van der Waals surface area contributed by atoms with Gasteiger partial charge in [0.1, 0.15) is 5.69 Å². The van der Waals surface area contributed by atoms with Crippen LogP contribution in [0.4, 0.5) is 11.4 Å². The first-order valence-corrected chi connectivity index (χ1v) is 15.1. The Balaban J connectivity index is 1.28. The molecule has 0 aliphatic heterocycles. The van der Waals surface area contributed by atoms with Crippen LogP contribution < -0.4 is 10.0 Å². The second-order valence-electron chi connectivity index (χ2n) is 9.08. The monoisotopic (exact) mass is 600 g/mol. The van der Waals surface area contributed by atoms with Crippen LogP contribution in [0, 0.1) is 10.1 Å². The van der Waals surface area contributed by atoms with E-state index < -0.39 is 31.4 Å². The van der Waals surface area contributed by atoms with Crippen molar-refractivity contribution in [2.45, 2.75) is 9.79 Å².